The zero-order valence-electron chi connectivity index (χ0n) is 18.0. The van der Waals surface area contributed by atoms with Gasteiger partial charge in [-0.05, 0) is 42.5 Å². The summed E-state index contributed by atoms with van der Waals surface area (Å²) < 4.78 is 101. The zero-order valence-corrected chi connectivity index (χ0v) is 16.7. The van der Waals surface area contributed by atoms with Gasteiger partial charge in [0.15, 0.2) is 2.82 Å². The molecule has 0 saturated heterocycles. The van der Waals surface area contributed by atoms with E-state index in [1.54, 1.807) is 0 Å². The summed E-state index contributed by atoms with van der Waals surface area (Å²) in [6.45, 7) is 0. The molecule has 0 heterocycles. The summed E-state index contributed by atoms with van der Waals surface area (Å²) in [5, 5.41) is -1.17. The zero-order chi connectivity index (χ0) is 26.1. The fourth-order valence-electron chi connectivity index (χ4n) is 2.50. The summed E-state index contributed by atoms with van der Waals surface area (Å²) in [5.74, 6) is -6.24. The Morgan fingerprint density at radius 3 is 2.18 bits per heavy atom. The van der Waals surface area contributed by atoms with Crippen molar-refractivity contribution in [1.29, 1.82) is 0 Å². The monoisotopic (exact) mass is 490 g/mol. The summed E-state index contributed by atoms with van der Waals surface area (Å²) in [7, 11) is 0. The quantitative estimate of drug-likeness (QED) is 0.409. The molecule has 2 N–H and O–H groups in total. The molecule has 0 aromatic heterocycles. The Balaban J connectivity index is 1.79. The van der Waals surface area contributed by atoms with Gasteiger partial charge in [-0.25, -0.2) is 18.0 Å². The topological polar surface area (TPSA) is 67.4 Å². The van der Waals surface area contributed by atoms with Crippen molar-refractivity contribution in [3.63, 3.8) is 0 Å². The average molecular weight is 491 g/mol. The van der Waals surface area contributed by atoms with Crippen LogP contribution in [0.15, 0.2) is 54.6 Å². The minimum atomic E-state index is -4.65. The Morgan fingerprint density at radius 2 is 1.61 bits per heavy atom. The minimum absolute atomic E-state index is 0.214. The number of imide groups is 1. The van der Waals surface area contributed by atoms with Crippen LogP contribution in [0.4, 0.5) is 36.8 Å². The molecule has 0 aliphatic carbocycles. The Morgan fingerprint density at radius 1 is 0.939 bits per heavy atom. The number of amides is 3. The minimum Gasteiger partial charge on any atom is -0.456 e. The second-order valence-corrected chi connectivity index (χ2v) is 6.67. The number of hydrogen-bond donors (Lipinski definition) is 2. The molecule has 0 fully saturated rings. The van der Waals surface area contributed by atoms with Crippen molar-refractivity contribution in [2.45, 2.75) is 6.18 Å². The van der Waals surface area contributed by atoms with E-state index in [0.717, 1.165) is 24.3 Å². The summed E-state index contributed by atoms with van der Waals surface area (Å²) in [5.41, 5.74) is -3.04. The Labute approximate surface area is 189 Å². The third-order valence-electron chi connectivity index (χ3n) is 4.00. The Hall–Kier alpha value is -3.73. The first-order chi connectivity index (χ1) is 16.3. The molecule has 0 aliphatic heterocycles. The third kappa shape index (κ3) is 5.75. The highest BCUT2D eigenvalue weighted by Crippen LogP contribution is 2.36. The van der Waals surface area contributed by atoms with E-state index in [-0.39, 0.29) is 16.8 Å². The SMILES string of the molecule is [2H]N(C(=O)c1c(F)cccc1F)C(=O)N([2H])c1ccc(Oc2ccc(C(F)(F)F)cc2Cl)cc1F. The van der Waals surface area contributed by atoms with Gasteiger partial charge in [-0.1, -0.05) is 17.7 Å². The van der Waals surface area contributed by atoms with E-state index in [1.807, 2.05) is 0 Å². The third-order valence-corrected chi connectivity index (χ3v) is 4.29. The van der Waals surface area contributed by atoms with Gasteiger partial charge in [-0.3, -0.25) is 10.1 Å². The molecule has 0 aliphatic rings. The Kier molecular flexibility index (Phi) is 6.03. The van der Waals surface area contributed by atoms with Crippen LogP contribution in [0.3, 0.4) is 0 Å². The van der Waals surface area contributed by atoms with Crippen molar-refractivity contribution in [2.75, 3.05) is 5.31 Å². The van der Waals surface area contributed by atoms with Crippen LogP contribution in [0, 0.1) is 17.5 Å². The normalized spacial score (nSPS) is 12.0. The molecule has 0 unspecified atom stereocenters. The summed E-state index contributed by atoms with van der Waals surface area (Å²) in [6.07, 6.45) is -4.65. The number of rotatable bonds is 4. The largest absolute Gasteiger partial charge is 0.456 e. The number of halogens is 7. The smallest absolute Gasteiger partial charge is 0.416 e. The van der Waals surface area contributed by atoms with Gasteiger partial charge in [0.05, 0.1) is 16.3 Å². The van der Waals surface area contributed by atoms with E-state index in [9.17, 15) is 35.9 Å². The van der Waals surface area contributed by atoms with Gasteiger partial charge in [0.2, 0.25) is 0 Å². The van der Waals surface area contributed by atoms with E-state index in [1.165, 1.54) is 0 Å². The molecule has 0 atom stereocenters. The number of urea groups is 1. The molecule has 172 valence electrons. The fraction of sp³-hybridized carbons (Fsp3) is 0.0476. The van der Waals surface area contributed by atoms with E-state index >= 15 is 0 Å². The second-order valence-electron chi connectivity index (χ2n) is 6.27. The van der Waals surface area contributed by atoms with E-state index < -0.39 is 62.7 Å². The van der Waals surface area contributed by atoms with Crippen molar-refractivity contribution >= 4 is 29.2 Å². The van der Waals surface area contributed by atoms with Gasteiger partial charge in [0.1, 0.15) is 34.5 Å². The highest BCUT2D eigenvalue weighted by Gasteiger charge is 2.31. The number of alkyl halides is 3. The van der Waals surface area contributed by atoms with E-state index in [2.05, 4.69) is 0 Å². The van der Waals surface area contributed by atoms with Crippen LogP contribution in [0.25, 0.3) is 0 Å². The molecule has 12 heteroatoms. The van der Waals surface area contributed by atoms with Gasteiger partial charge < -0.3 is 10.0 Å². The van der Waals surface area contributed by atoms with E-state index in [4.69, 9.17) is 19.2 Å². The molecule has 3 aromatic rings. The van der Waals surface area contributed by atoms with E-state index in [0.29, 0.717) is 30.3 Å². The number of anilines is 1. The first kappa shape index (κ1) is 21.1. The van der Waals surface area contributed by atoms with Crippen molar-refractivity contribution < 1.29 is 43.5 Å². The number of carbonyl (C=O) groups is 2. The first-order valence-electron chi connectivity index (χ1n) is 9.65. The van der Waals surface area contributed by atoms with Crippen LogP contribution in [-0.4, -0.2) is 11.9 Å². The molecule has 3 aromatic carbocycles. The highest BCUT2D eigenvalue weighted by atomic mass is 35.5. The lowest BCUT2D eigenvalue weighted by Crippen LogP contribution is -2.35. The number of hydrogen-bond acceptors (Lipinski definition) is 3. The molecule has 0 saturated carbocycles. The summed E-state index contributed by atoms with van der Waals surface area (Å²) in [6, 6.07) is 5.32. The maximum absolute atomic E-state index is 14.5. The molecular formula is C21H11ClF6N2O3. The molecule has 0 bridgehead atoms. The van der Waals surface area contributed by atoms with Crippen LogP contribution >= 0.6 is 11.6 Å². The molecule has 3 rings (SSSR count). The average Bonchev–Trinajstić information content (AvgIpc) is 2.78. The predicted octanol–water partition coefficient (Wildman–Crippen LogP) is 6.53. The highest BCUT2D eigenvalue weighted by molar-refractivity contribution is 6.32. The summed E-state index contributed by atoms with van der Waals surface area (Å²) in [4.78, 5) is 24.4. The molecular weight excluding hydrogens is 478 g/mol. The molecule has 3 amide bonds. The molecule has 0 spiro atoms. The van der Waals surface area contributed by atoms with Gasteiger partial charge in [-0.15, -0.1) is 0 Å². The Bertz CT molecular complexity index is 1290. The van der Waals surface area contributed by atoms with Crippen molar-refractivity contribution in [3.05, 3.63) is 88.2 Å². The standard InChI is InChI=1S/C21H11ClF6N2O3/c22-12-8-10(21(26,27)28)4-7-17(12)33-11-5-6-16(15(25)9-11)29-20(32)30-19(31)18-13(23)2-1-3-14(18)24/h1-9H,(H2,29,30,31,32)/i/hD2. The molecule has 5 nitrogen and oxygen atoms in total. The van der Waals surface area contributed by atoms with Crippen LogP contribution in [0.1, 0.15) is 15.9 Å². The van der Waals surface area contributed by atoms with Gasteiger partial charge in [-0.2, -0.15) is 13.2 Å². The number of carbonyl (C=O) groups excluding carboxylic acids is 2. The lowest BCUT2D eigenvalue weighted by atomic mass is 10.2. The van der Waals surface area contributed by atoms with Crippen molar-refractivity contribution in [1.82, 2.24) is 5.31 Å². The van der Waals surface area contributed by atoms with Crippen molar-refractivity contribution in [2.24, 2.45) is 0 Å². The predicted molar refractivity (Wildman–Crippen MR) is 106 cm³/mol. The summed E-state index contributed by atoms with van der Waals surface area (Å²) >= 11 is 5.77. The molecule has 33 heavy (non-hydrogen) atoms. The second kappa shape index (κ2) is 9.41. The van der Waals surface area contributed by atoms with Crippen LogP contribution in [0.5, 0.6) is 11.5 Å². The number of nitrogens with one attached hydrogen (secondary N) is 2. The van der Waals surface area contributed by atoms with Crippen LogP contribution in [-0.2, 0) is 6.18 Å². The van der Waals surface area contributed by atoms with Gasteiger partial charge in [0, 0.05) is 6.07 Å². The van der Waals surface area contributed by atoms with Gasteiger partial charge >= 0.3 is 12.2 Å². The number of ether oxygens (including phenoxy) is 1. The lowest BCUT2D eigenvalue weighted by Gasteiger charge is -2.12. The molecule has 0 radical (unpaired) electrons. The maximum Gasteiger partial charge on any atom is 0.416 e. The first-order valence-corrected chi connectivity index (χ1v) is 9.13. The number of benzene rings is 3. The fourth-order valence-corrected chi connectivity index (χ4v) is 2.72. The maximum atomic E-state index is 14.5. The van der Waals surface area contributed by atoms with Gasteiger partial charge in [0.25, 0.3) is 5.91 Å². The van der Waals surface area contributed by atoms with Crippen molar-refractivity contribution in [3.8, 4) is 11.5 Å². The lowest BCUT2D eigenvalue weighted by molar-refractivity contribution is -0.137. The van der Waals surface area contributed by atoms with Crippen LogP contribution < -0.4 is 15.4 Å². The van der Waals surface area contributed by atoms with Crippen LogP contribution in [0.2, 0.25) is 7.85 Å².